The van der Waals surface area contributed by atoms with Crippen molar-refractivity contribution in [2.45, 2.75) is 26.2 Å². The Morgan fingerprint density at radius 3 is 2.77 bits per heavy atom. The lowest BCUT2D eigenvalue weighted by molar-refractivity contribution is -0.116. The van der Waals surface area contributed by atoms with Crippen molar-refractivity contribution >= 4 is 51.4 Å². The van der Waals surface area contributed by atoms with Gasteiger partial charge in [-0.05, 0) is 48.7 Å². The zero-order valence-electron chi connectivity index (χ0n) is 16.8. The first kappa shape index (κ1) is 21.6. The zero-order chi connectivity index (χ0) is 21.8. The number of nitrogens with zero attached hydrogens (tertiary/aromatic N) is 3. The highest BCUT2D eigenvalue weighted by Crippen LogP contribution is 2.33. The number of carbonyl (C=O) groups is 1. The number of halogens is 2. The number of anilines is 1. The summed E-state index contributed by atoms with van der Waals surface area (Å²) in [6.07, 6.45) is 1.90. The van der Waals surface area contributed by atoms with E-state index in [0.717, 1.165) is 23.4 Å². The third kappa shape index (κ3) is 5.18. The van der Waals surface area contributed by atoms with E-state index < -0.39 is 0 Å². The summed E-state index contributed by atoms with van der Waals surface area (Å²) in [6.45, 7) is 2.57. The Labute approximate surface area is 193 Å². The SMILES string of the molecule is CCc1ccc(OCCCC(=O)Nc2nc3scc(-c4cc(Cl)ccc4Cl)n3n2)cc1. The van der Waals surface area contributed by atoms with Crippen LogP contribution in [-0.4, -0.2) is 27.1 Å². The largest absolute Gasteiger partial charge is 0.494 e. The van der Waals surface area contributed by atoms with Gasteiger partial charge < -0.3 is 4.74 Å². The number of fused-ring (bicyclic) bond motifs is 1. The lowest BCUT2D eigenvalue weighted by Crippen LogP contribution is -2.14. The van der Waals surface area contributed by atoms with Crippen LogP contribution in [0.15, 0.2) is 47.8 Å². The predicted octanol–water partition coefficient (Wildman–Crippen LogP) is 6.12. The lowest BCUT2D eigenvalue weighted by atomic mass is 10.2. The van der Waals surface area contributed by atoms with Crippen LogP contribution in [0.25, 0.3) is 16.2 Å². The first-order valence-electron chi connectivity index (χ1n) is 9.85. The number of aromatic nitrogens is 3. The van der Waals surface area contributed by atoms with E-state index in [1.54, 1.807) is 22.7 Å². The summed E-state index contributed by atoms with van der Waals surface area (Å²) in [5, 5.41) is 10.2. The summed E-state index contributed by atoms with van der Waals surface area (Å²) < 4.78 is 7.34. The molecular weight excluding hydrogens is 455 g/mol. The van der Waals surface area contributed by atoms with Crippen LogP contribution in [0.4, 0.5) is 5.95 Å². The van der Waals surface area contributed by atoms with Gasteiger partial charge in [0.1, 0.15) is 5.75 Å². The second-order valence-corrected chi connectivity index (χ2v) is 8.55. The van der Waals surface area contributed by atoms with Gasteiger partial charge in [-0.3, -0.25) is 10.1 Å². The molecule has 1 amide bonds. The molecular formula is C22H20Cl2N4O2S. The van der Waals surface area contributed by atoms with E-state index >= 15 is 0 Å². The first-order chi connectivity index (χ1) is 15.0. The molecule has 0 fully saturated rings. The van der Waals surface area contributed by atoms with E-state index in [1.807, 2.05) is 29.6 Å². The highest BCUT2D eigenvalue weighted by Gasteiger charge is 2.15. The van der Waals surface area contributed by atoms with Crippen molar-refractivity contribution in [3.8, 4) is 17.0 Å². The molecule has 0 unspecified atom stereocenters. The number of carbonyl (C=O) groups excluding carboxylic acids is 1. The molecule has 2 aromatic carbocycles. The van der Waals surface area contributed by atoms with Crippen molar-refractivity contribution in [1.29, 1.82) is 0 Å². The van der Waals surface area contributed by atoms with Crippen LogP contribution in [0, 0.1) is 0 Å². The number of thiazole rings is 1. The molecule has 1 N–H and O–H groups in total. The molecule has 0 radical (unpaired) electrons. The molecule has 2 aromatic heterocycles. The van der Waals surface area contributed by atoms with E-state index in [2.05, 4.69) is 22.3 Å². The van der Waals surface area contributed by atoms with Gasteiger partial charge in [-0.2, -0.15) is 4.98 Å². The van der Waals surface area contributed by atoms with Crippen LogP contribution in [0.3, 0.4) is 0 Å². The Morgan fingerprint density at radius 1 is 1.19 bits per heavy atom. The maximum absolute atomic E-state index is 12.3. The standard InChI is InChI=1S/C22H20Cl2N4O2S/c1-2-14-5-8-16(9-6-14)30-11-3-4-20(29)25-21-26-22-28(27-21)19(13-31-22)17-12-15(23)7-10-18(17)24/h5-10,12-13H,2-4,11H2,1H3,(H,25,27,29). The van der Waals surface area contributed by atoms with E-state index in [1.165, 1.54) is 16.9 Å². The normalized spacial score (nSPS) is 11.1. The van der Waals surface area contributed by atoms with Crippen LogP contribution in [0.5, 0.6) is 5.75 Å². The number of hydrogen-bond donors (Lipinski definition) is 1. The van der Waals surface area contributed by atoms with Crippen molar-refractivity contribution in [1.82, 2.24) is 14.6 Å². The van der Waals surface area contributed by atoms with Gasteiger partial charge in [0.25, 0.3) is 0 Å². The number of amides is 1. The fourth-order valence-electron chi connectivity index (χ4n) is 3.05. The first-order valence-corrected chi connectivity index (χ1v) is 11.5. The maximum atomic E-state index is 12.3. The summed E-state index contributed by atoms with van der Waals surface area (Å²) >= 11 is 13.8. The van der Waals surface area contributed by atoms with Crippen LogP contribution in [-0.2, 0) is 11.2 Å². The van der Waals surface area contributed by atoms with Gasteiger partial charge in [-0.1, -0.05) is 42.3 Å². The van der Waals surface area contributed by atoms with Crippen LogP contribution < -0.4 is 10.1 Å². The number of aryl methyl sites for hydroxylation is 1. The number of rotatable bonds is 8. The van der Waals surface area contributed by atoms with Crippen molar-refractivity contribution in [3.05, 3.63) is 63.5 Å². The average molecular weight is 475 g/mol. The molecule has 0 atom stereocenters. The Kier molecular flexibility index (Phi) is 6.75. The summed E-state index contributed by atoms with van der Waals surface area (Å²) in [7, 11) is 0. The van der Waals surface area contributed by atoms with Crippen LogP contribution >= 0.6 is 34.5 Å². The van der Waals surface area contributed by atoms with Gasteiger partial charge in [0.15, 0.2) is 0 Å². The fourth-order valence-corrected chi connectivity index (χ4v) is 4.25. The van der Waals surface area contributed by atoms with Gasteiger partial charge in [-0.25, -0.2) is 4.52 Å². The smallest absolute Gasteiger partial charge is 0.250 e. The van der Waals surface area contributed by atoms with Crippen LogP contribution in [0.2, 0.25) is 10.0 Å². The van der Waals surface area contributed by atoms with Gasteiger partial charge in [0, 0.05) is 22.4 Å². The van der Waals surface area contributed by atoms with Crippen LogP contribution in [0.1, 0.15) is 25.3 Å². The summed E-state index contributed by atoms with van der Waals surface area (Å²) in [6, 6.07) is 13.2. The van der Waals surface area contributed by atoms with Gasteiger partial charge >= 0.3 is 0 Å². The van der Waals surface area contributed by atoms with Crippen molar-refractivity contribution in [2.24, 2.45) is 0 Å². The number of nitrogens with one attached hydrogen (secondary N) is 1. The monoisotopic (exact) mass is 474 g/mol. The van der Waals surface area contributed by atoms with E-state index in [4.69, 9.17) is 27.9 Å². The molecule has 9 heteroatoms. The molecule has 160 valence electrons. The topological polar surface area (TPSA) is 68.5 Å². The van der Waals surface area contributed by atoms with Gasteiger partial charge in [-0.15, -0.1) is 16.4 Å². The molecule has 0 saturated carbocycles. The molecule has 0 saturated heterocycles. The molecule has 31 heavy (non-hydrogen) atoms. The molecule has 4 rings (SSSR count). The minimum Gasteiger partial charge on any atom is -0.494 e. The minimum absolute atomic E-state index is 0.162. The minimum atomic E-state index is -0.162. The highest BCUT2D eigenvalue weighted by molar-refractivity contribution is 7.15. The predicted molar refractivity (Wildman–Crippen MR) is 125 cm³/mol. The van der Waals surface area contributed by atoms with Crippen molar-refractivity contribution < 1.29 is 9.53 Å². The Bertz CT molecular complexity index is 1200. The van der Waals surface area contributed by atoms with Gasteiger partial charge in [0.2, 0.25) is 16.8 Å². The van der Waals surface area contributed by atoms with E-state index in [-0.39, 0.29) is 11.9 Å². The quantitative estimate of drug-likeness (QED) is 0.312. The number of benzene rings is 2. The maximum Gasteiger partial charge on any atom is 0.250 e. The fraction of sp³-hybridized carbons (Fsp3) is 0.227. The molecule has 0 aliphatic heterocycles. The average Bonchev–Trinajstić information content (AvgIpc) is 3.33. The second-order valence-electron chi connectivity index (χ2n) is 6.87. The molecule has 0 spiro atoms. The third-order valence-corrected chi connectivity index (χ3v) is 6.07. The third-order valence-electron chi connectivity index (χ3n) is 4.69. The lowest BCUT2D eigenvalue weighted by Gasteiger charge is -2.06. The molecule has 6 nitrogen and oxygen atoms in total. The second kappa shape index (κ2) is 9.68. The molecule has 0 bridgehead atoms. The summed E-state index contributed by atoms with van der Waals surface area (Å²) in [4.78, 5) is 17.3. The Balaban J connectivity index is 1.33. The van der Waals surface area contributed by atoms with Gasteiger partial charge in [0.05, 0.1) is 17.3 Å². The van der Waals surface area contributed by atoms with Crippen molar-refractivity contribution in [2.75, 3.05) is 11.9 Å². The number of hydrogen-bond acceptors (Lipinski definition) is 5. The Hall–Kier alpha value is -2.61. The molecule has 0 aliphatic rings. The Morgan fingerprint density at radius 2 is 2.00 bits per heavy atom. The van der Waals surface area contributed by atoms with E-state index in [9.17, 15) is 4.79 Å². The summed E-state index contributed by atoms with van der Waals surface area (Å²) in [5.41, 5.74) is 2.79. The molecule has 2 heterocycles. The van der Waals surface area contributed by atoms with E-state index in [0.29, 0.717) is 34.5 Å². The summed E-state index contributed by atoms with van der Waals surface area (Å²) in [5.74, 6) is 0.902. The number of ether oxygens (including phenoxy) is 1. The molecule has 4 aromatic rings. The highest BCUT2D eigenvalue weighted by atomic mass is 35.5. The molecule has 0 aliphatic carbocycles. The van der Waals surface area contributed by atoms with Crippen molar-refractivity contribution in [3.63, 3.8) is 0 Å². The zero-order valence-corrected chi connectivity index (χ0v) is 19.1.